The van der Waals surface area contributed by atoms with E-state index in [0.29, 0.717) is 11.4 Å². The average Bonchev–Trinajstić information content (AvgIpc) is 2.38. The summed E-state index contributed by atoms with van der Waals surface area (Å²) in [6.45, 7) is 0. The first-order valence-electron chi connectivity index (χ1n) is 5.33. The summed E-state index contributed by atoms with van der Waals surface area (Å²) in [5, 5.41) is 0. The smallest absolute Gasteiger partial charge is 0.141 e. The molecule has 3 heteroatoms. The van der Waals surface area contributed by atoms with E-state index in [0.717, 1.165) is 16.9 Å². The van der Waals surface area contributed by atoms with E-state index in [9.17, 15) is 0 Å². The van der Waals surface area contributed by atoms with Gasteiger partial charge in [0.05, 0.1) is 19.9 Å². The van der Waals surface area contributed by atoms with E-state index in [4.69, 9.17) is 15.2 Å². The Hall–Kier alpha value is -2.16. The van der Waals surface area contributed by atoms with E-state index in [1.54, 1.807) is 14.2 Å². The fourth-order valence-electron chi connectivity index (χ4n) is 1.79. The Morgan fingerprint density at radius 3 is 2.24 bits per heavy atom. The summed E-state index contributed by atoms with van der Waals surface area (Å²) in [5.41, 5.74) is 8.55. The molecule has 0 unspecified atom stereocenters. The normalized spacial score (nSPS) is 10.0. The molecule has 0 aromatic heterocycles. The van der Waals surface area contributed by atoms with Crippen molar-refractivity contribution in [1.29, 1.82) is 0 Å². The number of benzene rings is 2. The van der Waals surface area contributed by atoms with Crippen LogP contribution in [-0.4, -0.2) is 14.2 Å². The number of anilines is 1. The first kappa shape index (κ1) is 11.3. The highest BCUT2D eigenvalue weighted by atomic mass is 16.5. The molecule has 0 aliphatic rings. The maximum absolute atomic E-state index is 5.89. The molecular weight excluding hydrogens is 214 g/mol. The van der Waals surface area contributed by atoms with Crippen molar-refractivity contribution in [3.05, 3.63) is 42.5 Å². The Bertz CT molecular complexity index is 523. The van der Waals surface area contributed by atoms with Crippen LogP contribution in [0, 0.1) is 0 Å². The third-order valence-corrected chi connectivity index (χ3v) is 2.65. The van der Waals surface area contributed by atoms with Gasteiger partial charge in [-0.1, -0.05) is 24.3 Å². The van der Waals surface area contributed by atoms with Crippen molar-refractivity contribution in [2.75, 3.05) is 20.0 Å². The lowest BCUT2D eigenvalue weighted by Gasteiger charge is -2.10. The monoisotopic (exact) mass is 229 g/mol. The first-order valence-corrected chi connectivity index (χ1v) is 5.33. The quantitative estimate of drug-likeness (QED) is 0.823. The molecule has 88 valence electrons. The predicted octanol–water partition coefficient (Wildman–Crippen LogP) is 2.95. The van der Waals surface area contributed by atoms with Gasteiger partial charge in [-0.05, 0) is 23.8 Å². The van der Waals surface area contributed by atoms with Gasteiger partial charge in [0, 0.05) is 5.56 Å². The molecule has 0 aliphatic carbocycles. The largest absolute Gasteiger partial charge is 0.496 e. The molecule has 2 rings (SSSR count). The van der Waals surface area contributed by atoms with Crippen molar-refractivity contribution >= 4 is 5.69 Å². The number of hydrogen-bond acceptors (Lipinski definition) is 3. The summed E-state index contributed by atoms with van der Waals surface area (Å²) >= 11 is 0. The van der Waals surface area contributed by atoms with Gasteiger partial charge in [0.15, 0.2) is 0 Å². The zero-order valence-electron chi connectivity index (χ0n) is 9.94. The topological polar surface area (TPSA) is 44.5 Å². The van der Waals surface area contributed by atoms with Crippen LogP contribution in [0.4, 0.5) is 5.69 Å². The van der Waals surface area contributed by atoms with Gasteiger partial charge in [-0.15, -0.1) is 0 Å². The lowest BCUT2D eigenvalue weighted by Crippen LogP contribution is -1.93. The Morgan fingerprint density at radius 2 is 1.59 bits per heavy atom. The molecular formula is C14H15NO2. The van der Waals surface area contributed by atoms with Gasteiger partial charge in [0.25, 0.3) is 0 Å². The van der Waals surface area contributed by atoms with E-state index >= 15 is 0 Å². The van der Waals surface area contributed by atoms with Gasteiger partial charge < -0.3 is 15.2 Å². The van der Waals surface area contributed by atoms with Crippen LogP contribution in [-0.2, 0) is 0 Å². The van der Waals surface area contributed by atoms with Gasteiger partial charge in [-0.3, -0.25) is 0 Å². The highest BCUT2D eigenvalue weighted by Crippen LogP contribution is 2.33. The predicted molar refractivity (Wildman–Crippen MR) is 69.4 cm³/mol. The van der Waals surface area contributed by atoms with Crippen molar-refractivity contribution in [2.24, 2.45) is 0 Å². The van der Waals surface area contributed by atoms with Crippen molar-refractivity contribution in [3.8, 4) is 22.6 Å². The molecule has 0 saturated carbocycles. The Balaban J connectivity index is 2.49. The molecule has 0 atom stereocenters. The highest BCUT2D eigenvalue weighted by Gasteiger charge is 2.07. The standard InChI is InChI=1S/C14H15NO2/c1-16-13-6-4-3-5-11(13)10-7-8-14(17-2)12(15)9-10/h3-9H,15H2,1-2H3. The molecule has 0 spiro atoms. The maximum atomic E-state index is 5.89. The molecule has 17 heavy (non-hydrogen) atoms. The lowest BCUT2D eigenvalue weighted by molar-refractivity contribution is 0.415. The molecule has 0 amide bonds. The lowest BCUT2D eigenvalue weighted by atomic mass is 10.0. The molecule has 2 N–H and O–H groups in total. The second-order valence-electron chi connectivity index (χ2n) is 3.66. The van der Waals surface area contributed by atoms with Crippen LogP contribution < -0.4 is 15.2 Å². The van der Waals surface area contributed by atoms with Crippen molar-refractivity contribution in [2.45, 2.75) is 0 Å². The SMILES string of the molecule is COc1ccc(-c2ccccc2OC)cc1N. The zero-order valence-corrected chi connectivity index (χ0v) is 9.94. The van der Waals surface area contributed by atoms with E-state index in [1.807, 2.05) is 42.5 Å². The van der Waals surface area contributed by atoms with E-state index in [-0.39, 0.29) is 0 Å². The molecule has 0 aliphatic heterocycles. The van der Waals surface area contributed by atoms with Crippen molar-refractivity contribution in [1.82, 2.24) is 0 Å². The summed E-state index contributed by atoms with van der Waals surface area (Å²) in [7, 11) is 3.26. The highest BCUT2D eigenvalue weighted by molar-refractivity contribution is 5.75. The van der Waals surface area contributed by atoms with Crippen LogP contribution in [0.2, 0.25) is 0 Å². The summed E-state index contributed by atoms with van der Waals surface area (Å²) in [6, 6.07) is 13.5. The number of nitrogens with two attached hydrogens (primary N) is 1. The molecule has 0 heterocycles. The Kier molecular flexibility index (Phi) is 3.19. The number of methoxy groups -OCH3 is 2. The van der Waals surface area contributed by atoms with Crippen LogP contribution in [0.3, 0.4) is 0 Å². The molecule has 0 radical (unpaired) electrons. The summed E-state index contributed by atoms with van der Waals surface area (Å²) in [4.78, 5) is 0. The van der Waals surface area contributed by atoms with Gasteiger partial charge >= 0.3 is 0 Å². The number of nitrogen functional groups attached to an aromatic ring is 1. The number of rotatable bonds is 3. The summed E-state index contributed by atoms with van der Waals surface area (Å²) in [6.07, 6.45) is 0. The van der Waals surface area contributed by atoms with Crippen LogP contribution in [0.15, 0.2) is 42.5 Å². The zero-order chi connectivity index (χ0) is 12.3. The molecule has 0 bridgehead atoms. The van der Waals surface area contributed by atoms with Crippen molar-refractivity contribution in [3.63, 3.8) is 0 Å². The molecule has 2 aromatic carbocycles. The minimum Gasteiger partial charge on any atom is -0.496 e. The second kappa shape index (κ2) is 4.78. The molecule has 0 saturated heterocycles. The maximum Gasteiger partial charge on any atom is 0.141 e. The number of ether oxygens (including phenoxy) is 2. The molecule has 2 aromatic rings. The van der Waals surface area contributed by atoms with E-state index in [1.165, 1.54) is 0 Å². The van der Waals surface area contributed by atoms with Gasteiger partial charge in [-0.25, -0.2) is 0 Å². The molecule has 0 fully saturated rings. The third-order valence-electron chi connectivity index (χ3n) is 2.65. The van der Waals surface area contributed by atoms with Crippen LogP contribution >= 0.6 is 0 Å². The summed E-state index contributed by atoms with van der Waals surface area (Å²) in [5.74, 6) is 1.51. The second-order valence-corrected chi connectivity index (χ2v) is 3.66. The summed E-state index contributed by atoms with van der Waals surface area (Å²) < 4.78 is 10.5. The third kappa shape index (κ3) is 2.18. The van der Waals surface area contributed by atoms with Gasteiger partial charge in [0.2, 0.25) is 0 Å². The van der Waals surface area contributed by atoms with E-state index < -0.39 is 0 Å². The average molecular weight is 229 g/mol. The van der Waals surface area contributed by atoms with Crippen LogP contribution in [0.1, 0.15) is 0 Å². The fraction of sp³-hybridized carbons (Fsp3) is 0.143. The van der Waals surface area contributed by atoms with Crippen LogP contribution in [0.25, 0.3) is 11.1 Å². The van der Waals surface area contributed by atoms with Gasteiger partial charge in [-0.2, -0.15) is 0 Å². The van der Waals surface area contributed by atoms with E-state index in [2.05, 4.69) is 0 Å². The number of para-hydroxylation sites is 1. The first-order chi connectivity index (χ1) is 8.26. The Labute approximate surface area is 101 Å². The minimum atomic E-state index is 0.621. The van der Waals surface area contributed by atoms with Crippen LogP contribution in [0.5, 0.6) is 11.5 Å². The Morgan fingerprint density at radius 1 is 0.882 bits per heavy atom. The van der Waals surface area contributed by atoms with Crippen molar-refractivity contribution < 1.29 is 9.47 Å². The minimum absolute atomic E-state index is 0.621. The molecule has 3 nitrogen and oxygen atoms in total. The number of hydrogen-bond donors (Lipinski definition) is 1. The van der Waals surface area contributed by atoms with Gasteiger partial charge in [0.1, 0.15) is 11.5 Å². The fourth-order valence-corrected chi connectivity index (χ4v) is 1.79.